The lowest BCUT2D eigenvalue weighted by atomic mass is 9.95. The van der Waals surface area contributed by atoms with Gasteiger partial charge in [-0.15, -0.1) is 12.4 Å². The third kappa shape index (κ3) is 5.17. The molecule has 2 aliphatic rings. The van der Waals surface area contributed by atoms with Crippen molar-refractivity contribution in [2.45, 2.75) is 44.9 Å². The van der Waals surface area contributed by atoms with Crippen LogP contribution >= 0.6 is 12.4 Å². The average Bonchev–Trinajstić information content (AvgIpc) is 2.89. The number of sulfonamides is 1. The fourth-order valence-electron chi connectivity index (χ4n) is 3.40. The van der Waals surface area contributed by atoms with Crippen molar-refractivity contribution in [2.75, 3.05) is 32.4 Å². The van der Waals surface area contributed by atoms with Crippen LogP contribution < -0.4 is 5.32 Å². The van der Waals surface area contributed by atoms with E-state index in [0.717, 1.165) is 45.3 Å². The molecule has 1 heterocycles. The Balaban J connectivity index is 0.00000200. The molecule has 4 nitrogen and oxygen atoms in total. The molecule has 0 aromatic heterocycles. The van der Waals surface area contributed by atoms with Crippen LogP contribution in [0.2, 0.25) is 0 Å². The number of hydrogen-bond donors (Lipinski definition) is 1. The molecule has 0 amide bonds. The van der Waals surface area contributed by atoms with Gasteiger partial charge in [0.15, 0.2) is 0 Å². The van der Waals surface area contributed by atoms with Gasteiger partial charge in [-0.25, -0.2) is 12.7 Å². The van der Waals surface area contributed by atoms with Gasteiger partial charge in [0.05, 0.1) is 5.75 Å². The third-order valence-electron chi connectivity index (χ3n) is 4.69. The molecule has 6 heteroatoms. The minimum atomic E-state index is -2.99. The summed E-state index contributed by atoms with van der Waals surface area (Å²) in [4.78, 5) is 0. The molecule has 2 rings (SSSR count). The lowest BCUT2D eigenvalue weighted by Gasteiger charge is -2.31. The van der Waals surface area contributed by atoms with Crippen LogP contribution in [0.5, 0.6) is 0 Å². The zero-order chi connectivity index (χ0) is 13.7. The molecule has 0 aromatic carbocycles. The Morgan fingerprint density at radius 2 is 1.65 bits per heavy atom. The van der Waals surface area contributed by atoms with Gasteiger partial charge in [-0.05, 0) is 57.5 Å². The van der Waals surface area contributed by atoms with E-state index in [1.165, 1.54) is 19.3 Å². The van der Waals surface area contributed by atoms with Gasteiger partial charge in [0, 0.05) is 13.1 Å². The van der Waals surface area contributed by atoms with Crippen LogP contribution in [-0.4, -0.2) is 45.2 Å². The highest BCUT2D eigenvalue weighted by Crippen LogP contribution is 2.28. The third-order valence-corrected chi connectivity index (χ3v) is 6.74. The number of piperidine rings is 1. The summed E-state index contributed by atoms with van der Waals surface area (Å²) in [5.41, 5.74) is 0. The molecule has 2 fully saturated rings. The first-order chi connectivity index (χ1) is 9.12. The van der Waals surface area contributed by atoms with Crippen molar-refractivity contribution < 1.29 is 8.42 Å². The summed E-state index contributed by atoms with van der Waals surface area (Å²) in [5, 5.41) is 3.17. The summed E-state index contributed by atoms with van der Waals surface area (Å²) in [6.45, 7) is 2.52. The van der Waals surface area contributed by atoms with E-state index < -0.39 is 10.0 Å². The first-order valence-electron chi connectivity index (χ1n) is 7.74. The zero-order valence-electron chi connectivity index (χ0n) is 12.5. The van der Waals surface area contributed by atoms with E-state index in [2.05, 4.69) is 5.32 Å². The van der Waals surface area contributed by atoms with Crippen molar-refractivity contribution in [3.05, 3.63) is 0 Å². The van der Waals surface area contributed by atoms with Gasteiger partial charge >= 0.3 is 0 Å². The maximum Gasteiger partial charge on any atom is 0.214 e. The second-order valence-corrected chi connectivity index (χ2v) is 8.18. The maximum absolute atomic E-state index is 12.4. The number of hydrogen-bond acceptors (Lipinski definition) is 3. The molecule has 20 heavy (non-hydrogen) atoms. The first-order valence-corrected chi connectivity index (χ1v) is 9.35. The van der Waals surface area contributed by atoms with Gasteiger partial charge < -0.3 is 5.32 Å². The molecule has 0 atom stereocenters. The topological polar surface area (TPSA) is 49.4 Å². The highest BCUT2D eigenvalue weighted by molar-refractivity contribution is 7.89. The number of nitrogens with one attached hydrogen (secondary N) is 1. The summed E-state index contributed by atoms with van der Waals surface area (Å²) < 4.78 is 26.5. The highest BCUT2D eigenvalue weighted by atomic mass is 35.5. The van der Waals surface area contributed by atoms with E-state index in [1.54, 1.807) is 4.31 Å². The average molecular weight is 325 g/mol. The van der Waals surface area contributed by atoms with Gasteiger partial charge in [-0.2, -0.15) is 0 Å². The highest BCUT2D eigenvalue weighted by Gasteiger charge is 2.30. The molecule has 0 unspecified atom stereocenters. The Labute approximate surface area is 130 Å². The Bertz CT molecular complexity index is 361. The van der Waals surface area contributed by atoms with E-state index in [-0.39, 0.29) is 12.4 Å². The van der Waals surface area contributed by atoms with E-state index in [9.17, 15) is 8.42 Å². The second kappa shape index (κ2) is 8.57. The van der Waals surface area contributed by atoms with Gasteiger partial charge in [-0.1, -0.05) is 12.8 Å². The number of nitrogens with zero attached hydrogens (tertiary/aromatic N) is 1. The van der Waals surface area contributed by atoms with Gasteiger partial charge in [0.1, 0.15) is 0 Å². The maximum atomic E-state index is 12.4. The summed E-state index contributed by atoms with van der Waals surface area (Å²) in [6.07, 6.45) is 7.89. The molecule has 1 aliphatic heterocycles. The SMILES string of the molecule is CNCCC1CCN(S(=O)(=O)CC2CCCC2)CC1.Cl. The normalized spacial score (nSPS) is 22.9. The number of halogens is 1. The van der Waals surface area contributed by atoms with Crippen molar-refractivity contribution in [2.24, 2.45) is 11.8 Å². The first kappa shape index (κ1) is 18.2. The van der Waals surface area contributed by atoms with Gasteiger partial charge in [-0.3, -0.25) is 0 Å². The van der Waals surface area contributed by atoms with Crippen molar-refractivity contribution in [1.82, 2.24) is 9.62 Å². The monoisotopic (exact) mass is 324 g/mol. The van der Waals surface area contributed by atoms with Crippen molar-refractivity contribution >= 4 is 22.4 Å². The summed E-state index contributed by atoms with van der Waals surface area (Å²) in [6, 6.07) is 0. The molecular formula is C14H29ClN2O2S. The minimum absolute atomic E-state index is 0. The largest absolute Gasteiger partial charge is 0.320 e. The Kier molecular flexibility index (Phi) is 7.80. The van der Waals surface area contributed by atoms with Crippen LogP contribution in [0.4, 0.5) is 0 Å². The Morgan fingerprint density at radius 3 is 2.20 bits per heavy atom. The lowest BCUT2D eigenvalue weighted by Crippen LogP contribution is -2.41. The van der Waals surface area contributed by atoms with Crippen molar-refractivity contribution in [3.63, 3.8) is 0 Å². The van der Waals surface area contributed by atoms with E-state index in [4.69, 9.17) is 0 Å². The van der Waals surface area contributed by atoms with Crippen LogP contribution in [-0.2, 0) is 10.0 Å². The van der Waals surface area contributed by atoms with Crippen LogP contribution in [0, 0.1) is 11.8 Å². The molecule has 0 bridgehead atoms. The molecule has 1 saturated carbocycles. The molecule has 0 spiro atoms. The molecule has 0 aromatic rings. The van der Waals surface area contributed by atoms with Crippen LogP contribution in [0.15, 0.2) is 0 Å². The zero-order valence-corrected chi connectivity index (χ0v) is 14.1. The predicted molar refractivity (Wildman–Crippen MR) is 85.8 cm³/mol. The standard InChI is InChI=1S/C14H28N2O2S.ClH/c1-15-9-6-13-7-10-16(11-8-13)19(17,18)12-14-4-2-3-5-14;/h13-15H,2-12H2,1H3;1H. The molecule has 120 valence electrons. The fourth-order valence-corrected chi connectivity index (χ4v) is 5.31. The molecule has 1 saturated heterocycles. The second-order valence-electron chi connectivity index (χ2n) is 6.16. The molecule has 1 aliphatic carbocycles. The quantitative estimate of drug-likeness (QED) is 0.815. The van der Waals surface area contributed by atoms with Crippen molar-refractivity contribution in [1.29, 1.82) is 0 Å². The minimum Gasteiger partial charge on any atom is -0.320 e. The molecular weight excluding hydrogens is 296 g/mol. The fraction of sp³-hybridized carbons (Fsp3) is 1.00. The van der Waals surface area contributed by atoms with Crippen molar-refractivity contribution in [3.8, 4) is 0 Å². The van der Waals surface area contributed by atoms with Crippen LogP contribution in [0.3, 0.4) is 0 Å². The Hall–Kier alpha value is 0.160. The van der Waals surface area contributed by atoms with Gasteiger partial charge in [0.25, 0.3) is 0 Å². The molecule has 1 N–H and O–H groups in total. The van der Waals surface area contributed by atoms with E-state index in [1.807, 2.05) is 7.05 Å². The van der Waals surface area contributed by atoms with Gasteiger partial charge in [0.2, 0.25) is 10.0 Å². The summed E-state index contributed by atoms with van der Waals surface area (Å²) >= 11 is 0. The number of rotatable bonds is 6. The lowest BCUT2D eigenvalue weighted by molar-refractivity contribution is 0.262. The van der Waals surface area contributed by atoms with Crippen LogP contribution in [0.25, 0.3) is 0 Å². The smallest absolute Gasteiger partial charge is 0.214 e. The Morgan fingerprint density at radius 1 is 1.05 bits per heavy atom. The van der Waals surface area contributed by atoms with E-state index >= 15 is 0 Å². The van der Waals surface area contributed by atoms with Crippen LogP contribution in [0.1, 0.15) is 44.9 Å². The molecule has 0 radical (unpaired) electrons. The predicted octanol–water partition coefficient (Wildman–Crippen LogP) is 2.25. The summed E-state index contributed by atoms with van der Waals surface area (Å²) in [5.74, 6) is 1.52. The summed E-state index contributed by atoms with van der Waals surface area (Å²) in [7, 11) is -1.02. The van der Waals surface area contributed by atoms with E-state index in [0.29, 0.717) is 17.6 Å².